The number of ether oxygens (including phenoxy) is 5. The van der Waals surface area contributed by atoms with E-state index < -0.39 is 38.8 Å². The van der Waals surface area contributed by atoms with E-state index in [1.54, 1.807) is 0 Å². The lowest BCUT2D eigenvalue weighted by Gasteiger charge is -2.48. The highest BCUT2D eigenvalue weighted by Gasteiger charge is 2.53. The molecule has 8 heteroatoms. The summed E-state index contributed by atoms with van der Waals surface area (Å²) in [5, 5.41) is 2.80. The van der Waals surface area contributed by atoms with Gasteiger partial charge in [0.1, 0.15) is 36.3 Å². The van der Waals surface area contributed by atoms with Crippen LogP contribution in [0.2, 0.25) is 10.1 Å². The van der Waals surface area contributed by atoms with Gasteiger partial charge in [-0.2, -0.15) is 0 Å². The minimum absolute atomic E-state index is 0.243. The zero-order chi connectivity index (χ0) is 45.8. The minimum Gasteiger partial charge on any atom is -0.494 e. The SMILES string of the molecule is CCOc1ccc(Cc2cc([C@@H]3O[C@H](CO[Si](c4ccccc4)(c4ccccc4)C(C)(C)C)[C@@H](OCc4ccccc4)[C@H](OCc4ccccc4)[C@H]3OCc3ccccc3)ccc2Cl)cc1. The van der Waals surface area contributed by atoms with Crippen molar-refractivity contribution in [2.75, 3.05) is 13.2 Å². The van der Waals surface area contributed by atoms with Gasteiger partial charge in [-0.05, 0) is 80.3 Å². The van der Waals surface area contributed by atoms with Crippen LogP contribution < -0.4 is 15.1 Å². The van der Waals surface area contributed by atoms with Crippen LogP contribution in [0.3, 0.4) is 0 Å². The number of rotatable bonds is 19. The number of halogens is 1. The van der Waals surface area contributed by atoms with Gasteiger partial charge in [0.05, 0.1) is 33.0 Å². The molecule has 0 aliphatic carbocycles. The Bertz CT molecular complexity index is 2480. The molecule has 0 saturated carbocycles. The number of hydrogen-bond acceptors (Lipinski definition) is 6. The van der Waals surface area contributed by atoms with Gasteiger partial charge in [0.2, 0.25) is 0 Å². The molecule has 0 unspecified atom stereocenters. The van der Waals surface area contributed by atoms with Crippen molar-refractivity contribution in [1.29, 1.82) is 0 Å². The molecule has 6 nitrogen and oxygen atoms in total. The zero-order valence-electron chi connectivity index (χ0n) is 38.4. The summed E-state index contributed by atoms with van der Waals surface area (Å²) in [6.07, 6.45) is -2.33. The maximum absolute atomic E-state index is 7.70. The second kappa shape index (κ2) is 22.4. The second-order valence-corrected chi connectivity index (χ2v) is 22.7. The molecule has 5 atom stereocenters. The van der Waals surface area contributed by atoms with E-state index in [0.29, 0.717) is 37.9 Å². The summed E-state index contributed by atoms with van der Waals surface area (Å²) in [4.78, 5) is 0. The molecule has 0 spiro atoms. The summed E-state index contributed by atoms with van der Waals surface area (Å²) in [5.74, 6) is 0.840. The Morgan fingerprint density at radius 3 is 1.48 bits per heavy atom. The minimum atomic E-state index is -3.02. The van der Waals surface area contributed by atoms with Crippen molar-refractivity contribution in [3.8, 4) is 5.75 Å². The summed E-state index contributed by atoms with van der Waals surface area (Å²) >= 11 is 7.04. The van der Waals surface area contributed by atoms with Crippen LogP contribution in [-0.2, 0) is 49.6 Å². The van der Waals surface area contributed by atoms with Crippen molar-refractivity contribution in [3.63, 3.8) is 0 Å². The van der Waals surface area contributed by atoms with Gasteiger partial charge in [0.15, 0.2) is 0 Å². The first-order chi connectivity index (χ1) is 32.2. The average Bonchev–Trinajstić information content (AvgIpc) is 3.35. The van der Waals surface area contributed by atoms with Gasteiger partial charge in [-0.1, -0.05) is 208 Å². The molecule has 8 rings (SSSR count). The van der Waals surface area contributed by atoms with Crippen LogP contribution in [0.5, 0.6) is 5.75 Å². The molecular formula is C58H61ClO6Si. The third kappa shape index (κ3) is 11.4. The maximum atomic E-state index is 7.70. The highest BCUT2D eigenvalue weighted by molar-refractivity contribution is 6.99. The normalized spacial score (nSPS) is 18.8. The lowest BCUT2D eigenvalue weighted by Crippen LogP contribution is -2.68. The van der Waals surface area contributed by atoms with E-state index in [1.165, 1.54) is 10.4 Å². The average molecular weight is 918 g/mol. The summed E-state index contributed by atoms with van der Waals surface area (Å²) in [6, 6.07) is 66.7. The van der Waals surface area contributed by atoms with E-state index in [-0.39, 0.29) is 11.6 Å². The third-order valence-corrected chi connectivity index (χ3v) is 17.8. The predicted molar refractivity (Wildman–Crippen MR) is 268 cm³/mol. The standard InChI is InChI=1S/C58H61ClO6Si/c1-5-60-49-34-31-43(32-35-49)37-48-38-47(33-36-52(48)59)54-56(62-40-45-23-13-7-14-24-45)57(63-41-46-25-15-8-16-26-46)55(61-39-44-21-11-6-12-22-44)53(65-54)42-64-66(58(2,3)4,50-27-17-9-18-28-50)51-29-19-10-20-30-51/h6-36,38,53-57H,5,37,39-42H2,1-4H3/t53-,54+,55-,56+,57+/m1/s1. The van der Waals surface area contributed by atoms with E-state index in [9.17, 15) is 0 Å². The summed E-state index contributed by atoms with van der Waals surface area (Å²) in [5.41, 5.74) is 6.18. The van der Waals surface area contributed by atoms with Crippen molar-refractivity contribution in [2.45, 2.75) is 89.5 Å². The highest BCUT2D eigenvalue weighted by atomic mass is 35.5. The van der Waals surface area contributed by atoms with Crippen LogP contribution in [0.1, 0.15) is 67.2 Å². The Balaban J connectivity index is 1.24. The Kier molecular flexibility index (Phi) is 16.0. The largest absolute Gasteiger partial charge is 0.494 e. The zero-order valence-corrected chi connectivity index (χ0v) is 40.2. The molecule has 0 radical (unpaired) electrons. The first kappa shape index (κ1) is 47.2. The third-order valence-electron chi connectivity index (χ3n) is 12.4. The topological polar surface area (TPSA) is 55.4 Å². The van der Waals surface area contributed by atoms with Crippen molar-refractivity contribution < 1.29 is 28.1 Å². The van der Waals surface area contributed by atoms with Crippen molar-refractivity contribution in [1.82, 2.24) is 0 Å². The van der Waals surface area contributed by atoms with Crippen molar-refractivity contribution in [2.24, 2.45) is 0 Å². The van der Waals surface area contributed by atoms with Gasteiger partial charge >= 0.3 is 0 Å². The molecule has 1 aliphatic rings. The fourth-order valence-electron chi connectivity index (χ4n) is 9.16. The Labute approximate surface area is 397 Å². The van der Waals surface area contributed by atoms with E-state index >= 15 is 0 Å². The molecule has 0 aromatic heterocycles. The second-order valence-electron chi connectivity index (χ2n) is 18.0. The van der Waals surface area contributed by atoms with Gasteiger partial charge in [-0.3, -0.25) is 0 Å². The van der Waals surface area contributed by atoms with Crippen LogP contribution >= 0.6 is 11.6 Å². The monoisotopic (exact) mass is 916 g/mol. The van der Waals surface area contributed by atoms with E-state index in [4.69, 9.17) is 39.7 Å². The fourth-order valence-corrected chi connectivity index (χ4v) is 13.9. The first-order valence-corrected chi connectivity index (χ1v) is 25.4. The van der Waals surface area contributed by atoms with E-state index in [2.05, 4.69) is 142 Å². The maximum Gasteiger partial charge on any atom is 0.261 e. The molecule has 1 aliphatic heterocycles. The molecule has 0 amide bonds. The van der Waals surface area contributed by atoms with Gasteiger partial charge < -0.3 is 28.1 Å². The van der Waals surface area contributed by atoms with Crippen molar-refractivity contribution in [3.05, 3.63) is 233 Å². The van der Waals surface area contributed by atoms with Gasteiger partial charge in [0, 0.05) is 5.02 Å². The number of benzene rings is 7. The molecule has 7 aromatic rings. The smallest absolute Gasteiger partial charge is 0.261 e. The lowest BCUT2D eigenvalue weighted by molar-refractivity contribution is -0.271. The molecular weight excluding hydrogens is 856 g/mol. The quantitative estimate of drug-likeness (QED) is 0.0754. The molecule has 0 bridgehead atoms. The predicted octanol–water partition coefficient (Wildman–Crippen LogP) is 12.1. The van der Waals surface area contributed by atoms with Crippen LogP contribution in [-0.4, -0.2) is 45.9 Å². The fraction of sp³-hybridized carbons (Fsp3) is 0.276. The van der Waals surface area contributed by atoms with Crippen LogP contribution in [0.25, 0.3) is 0 Å². The summed E-state index contributed by atoms with van der Waals surface area (Å²) < 4.78 is 42.4. The highest BCUT2D eigenvalue weighted by Crippen LogP contribution is 2.42. The molecule has 1 heterocycles. The van der Waals surface area contributed by atoms with Crippen LogP contribution in [0.4, 0.5) is 0 Å². The summed E-state index contributed by atoms with van der Waals surface area (Å²) in [7, 11) is -3.02. The molecule has 1 saturated heterocycles. The summed E-state index contributed by atoms with van der Waals surface area (Å²) in [6.45, 7) is 10.8. The van der Waals surface area contributed by atoms with Gasteiger partial charge in [-0.25, -0.2) is 0 Å². The van der Waals surface area contributed by atoms with Gasteiger partial charge in [-0.15, -0.1) is 0 Å². The first-order valence-electron chi connectivity index (χ1n) is 23.1. The molecule has 0 N–H and O–H groups in total. The molecule has 7 aromatic carbocycles. The Morgan fingerprint density at radius 2 is 1.00 bits per heavy atom. The van der Waals surface area contributed by atoms with Crippen LogP contribution in [0, 0.1) is 0 Å². The molecule has 340 valence electrons. The Morgan fingerprint density at radius 1 is 0.530 bits per heavy atom. The molecule has 66 heavy (non-hydrogen) atoms. The van der Waals surface area contributed by atoms with Gasteiger partial charge in [0.25, 0.3) is 8.32 Å². The van der Waals surface area contributed by atoms with Crippen LogP contribution in [0.15, 0.2) is 194 Å². The number of hydrogen-bond donors (Lipinski definition) is 0. The molecule has 1 fully saturated rings. The van der Waals surface area contributed by atoms with E-state index in [0.717, 1.165) is 39.1 Å². The van der Waals surface area contributed by atoms with E-state index in [1.807, 2.05) is 79.7 Å². The Hall–Kier alpha value is -5.35. The van der Waals surface area contributed by atoms with Crippen molar-refractivity contribution >= 4 is 30.3 Å². The lowest BCUT2D eigenvalue weighted by atomic mass is 9.89.